The first-order valence-electron chi connectivity index (χ1n) is 9.06. The molecule has 1 fully saturated rings. The molecule has 0 unspecified atom stereocenters. The topological polar surface area (TPSA) is 95.1 Å². The van der Waals surface area contributed by atoms with Crippen LogP contribution >= 0.6 is 0 Å². The van der Waals surface area contributed by atoms with Gasteiger partial charge < -0.3 is 16.5 Å². The number of aromatic nitrogens is 1. The van der Waals surface area contributed by atoms with Gasteiger partial charge in [-0.1, -0.05) is 12.1 Å². The van der Waals surface area contributed by atoms with Crippen LogP contribution in [0.3, 0.4) is 0 Å². The number of benzene rings is 1. The van der Waals surface area contributed by atoms with Crippen molar-refractivity contribution in [3.8, 4) is 0 Å². The third-order valence-electron chi connectivity index (χ3n) is 4.50. The molecule has 0 radical (unpaired) electrons. The molecule has 1 aromatic heterocycles. The summed E-state index contributed by atoms with van der Waals surface area (Å²) in [5.74, 6) is -3.71. The number of anilines is 1. The number of halogens is 3. The van der Waals surface area contributed by atoms with E-state index in [1.165, 1.54) is 18.3 Å². The Labute approximate surface area is 171 Å². The molecule has 1 aliphatic heterocycles. The maximum absolute atomic E-state index is 14.1. The maximum Gasteiger partial charge on any atom is 0.272 e. The number of nitrogens with one attached hydrogen (secondary N) is 2. The molecule has 0 atom stereocenters. The number of pyridine rings is 1. The molecule has 3 rings (SSSR count). The predicted molar refractivity (Wildman–Crippen MR) is 109 cm³/mol. The third kappa shape index (κ3) is 5.12. The van der Waals surface area contributed by atoms with Crippen molar-refractivity contribution < 1.29 is 18.0 Å². The largest absolute Gasteiger partial charge is 0.404 e. The van der Waals surface area contributed by atoms with E-state index in [1.54, 1.807) is 29.2 Å². The lowest BCUT2D eigenvalue weighted by atomic mass is 10.0. The van der Waals surface area contributed by atoms with E-state index in [2.05, 4.69) is 10.3 Å². The Bertz CT molecular complexity index is 994. The van der Waals surface area contributed by atoms with Crippen LogP contribution in [0, 0.1) is 11.2 Å². The first kappa shape index (κ1) is 21.3. The Morgan fingerprint density at radius 1 is 1.27 bits per heavy atom. The summed E-state index contributed by atoms with van der Waals surface area (Å²) in [6.07, 6.45) is 6.98. The number of rotatable bonds is 7. The summed E-state index contributed by atoms with van der Waals surface area (Å²) < 4.78 is 39.9. The van der Waals surface area contributed by atoms with Crippen LogP contribution in [0.4, 0.5) is 18.9 Å². The van der Waals surface area contributed by atoms with Crippen LogP contribution in [-0.2, 0) is 11.3 Å². The average molecular weight is 415 g/mol. The van der Waals surface area contributed by atoms with Crippen LogP contribution in [0.25, 0.3) is 11.6 Å². The fraction of sp³-hybridized carbons (Fsp3) is 0.190. The molecule has 0 aliphatic carbocycles. The number of carbonyl (C=O) groups is 1. The van der Waals surface area contributed by atoms with Crippen LogP contribution in [0.15, 0.2) is 48.9 Å². The zero-order valence-corrected chi connectivity index (χ0v) is 15.9. The van der Waals surface area contributed by atoms with Gasteiger partial charge in [0.2, 0.25) is 5.91 Å². The molecule has 1 aromatic carbocycles. The van der Waals surface area contributed by atoms with Crippen LogP contribution < -0.4 is 11.1 Å². The second-order valence-electron chi connectivity index (χ2n) is 6.87. The van der Waals surface area contributed by atoms with Gasteiger partial charge in [-0.3, -0.25) is 14.7 Å². The van der Waals surface area contributed by atoms with Crippen molar-refractivity contribution in [2.45, 2.75) is 12.5 Å². The number of carbonyl (C=O) groups excluding carboxylic acids is 1. The Balaban J connectivity index is 1.63. The zero-order valence-electron chi connectivity index (χ0n) is 15.9. The molecular weight excluding hydrogens is 395 g/mol. The lowest BCUT2D eigenvalue weighted by Gasteiger charge is -2.38. The average Bonchev–Trinajstić information content (AvgIpc) is 2.69. The highest BCUT2D eigenvalue weighted by Gasteiger charge is 2.43. The number of likely N-dealkylation sites (tertiary alicyclic amines) is 1. The number of nitrogens with two attached hydrogens (primary N) is 1. The SMILES string of the molecule is N=C/C(=C\N)c1c(F)cncc1/C=C/C(=O)Nc1ccc(CN2CC(F)(F)C2)cc1. The monoisotopic (exact) mass is 415 g/mol. The molecule has 6 nitrogen and oxygen atoms in total. The minimum absolute atomic E-state index is 0.0764. The summed E-state index contributed by atoms with van der Waals surface area (Å²) >= 11 is 0. The van der Waals surface area contributed by atoms with Crippen molar-refractivity contribution in [3.63, 3.8) is 0 Å². The summed E-state index contributed by atoms with van der Waals surface area (Å²) in [4.78, 5) is 17.6. The van der Waals surface area contributed by atoms with Gasteiger partial charge >= 0.3 is 0 Å². The predicted octanol–water partition coefficient (Wildman–Crippen LogP) is 3.27. The van der Waals surface area contributed by atoms with Gasteiger partial charge in [0.25, 0.3) is 5.92 Å². The third-order valence-corrected chi connectivity index (χ3v) is 4.50. The molecular formula is C21H20F3N5O. The van der Waals surface area contributed by atoms with Crippen LogP contribution in [0.5, 0.6) is 0 Å². The van der Waals surface area contributed by atoms with Gasteiger partial charge in [0, 0.05) is 53.6 Å². The van der Waals surface area contributed by atoms with Crippen molar-refractivity contribution in [2.75, 3.05) is 18.4 Å². The summed E-state index contributed by atoms with van der Waals surface area (Å²) in [5, 5.41) is 10.0. The van der Waals surface area contributed by atoms with Gasteiger partial charge in [0.1, 0.15) is 5.82 Å². The second-order valence-corrected chi connectivity index (χ2v) is 6.87. The number of amides is 1. The standard InChI is InChI=1S/C21H20F3N5O/c22-18-10-27-9-15(20(18)16(7-25)8-26)3-6-19(30)28-17-4-1-14(2-5-17)11-29-12-21(23,24)13-29/h1-10,25H,11-13,26H2,(H,28,30)/b6-3+,16-8+,25-7?. The van der Waals surface area contributed by atoms with Gasteiger partial charge in [-0.2, -0.15) is 0 Å². The van der Waals surface area contributed by atoms with Crippen molar-refractivity contribution in [1.82, 2.24) is 9.88 Å². The second kappa shape index (κ2) is 8.91. The van der Waals surface area contributed by atoms with Crippen molar-refractivity contribution >= 4 is 29.5 Å². The van der Waals surface area contributed by atoms with E-state index in [0.29, 0.717) is 17.8 Å². The molecule has 1 saturated heterocycles. The smallest absolute Gasteiger partial charge is 0.272 e. The Hall–Kier alpha value is -3.46. The first-order valence-corrected chi connectivity index (χ1v) is 9.06. The molecule has 30 heavy (non-hydrogen) atoms. The summed E-state index contributed by atoms with van der Waals surface area (Å²) in [6.45, 7) is -0.0679. The zero-order chi connectivity index (χ0) is 21.7. The van der Waals surface area contributed by atoms with Crippen molar-refractivity contribution in [2.24, 2.45) is 5.73 Å². The highest BCUT2D eigenvalue weighted by atomic mass is 19.3. The number of alkyl halides is 2. The van der Waals surface area contributed by atoms with Crippen LogP contribution in [0.1, 0.15) is 16.7 Å². The molecule has 1 aliphatic rings. The molecule has 1 amide bonds. The normalized spacial score (nSPS) is 16.3. The lowest BCUT2D eigenvalue weighted by molar-refractivity contribution is -0.133. The van der Waals surface area contributed by atoms with Gasteiger partial charge in [0.05, 0.1) is 19.3 Å². The quantitative estimate of drug-likeness (QED) is 0.478. The van der Waals surface area contributed by atoms with Gasteiger partial charge in [-0.25, -0.2) is 13.2 Å². The molecule has 156 valence electrons. The molecule has 9 heteroatoms. The molecule has 2 aromatic rings. The number of nitrogens with zero attached hydrogens (tertiary/aromatic N) is 2. The Morgan fingerprint density at radius 2 is 1.97 bits per heavy atom. The Kier molecular flexibility index (Phi) is 6.31. The Morgan fingerprint density at radius 3 is 2.57 bits per heavy atom. The van der Waals surface area contributed by atoms with Gasteiger partial charge in [-0.05, 0) is 23.8 Å². The van der Waals surface area contributed by atoms with Gasteiger partial charge in [0.15, 0.2) is 0 Å². The van der Waals surface area contributed by atoms with Crippen molar-refractivity contribution in [3.05, 3.63) is 71.4 Å². The molecule has 4 N–H and O–H groups in total. The van der Waals surface area contributed by atoms with Gasteiger partial charge in [-0.15, -0.1) is 0 Å². The molecule has 0 spiro atoms. The van der Waals surface area contributed by atoms with E-state index in [4.69, 9.17) is 11.1 Å². The van der Waals surface area contributed by atoms with E-state index in [-0.39, 0.29) is 24.2 Å². The van der Waals surface area contributed by atoms with Crippen LogP contribution in [-0.4, -0.2) is 41.0 Å². The molecule has 0 bridgehead atoms. The molecule has 0 saturated carbocycles. The minimum atomic E-state index is -2.60. The summed E-state index contributed by atoms with van der Waals surface area (Å²) in [5.41, 5.74) is 7.36. The van der Waals surface area contributed by atoms with E-state index >= 15 is 0 Å². The van der Waals surface area contributed by atoms with E-state index in [9.17, 15) is 18.0 Å². The van der Waals surface area contributed by atoms with Crippen LogP contribution in [0.2, 0.25) is 0 Å². The highest BCUT2D eigenvalue weighted by Crippen LogP contribution is 2.28. The summed E-state index contributed by atoms with van der Waals surface area (Å²) in [7, 11) is 0. The fourth-order valence-electron chi connectivity index (χ4n) is 3.11. The number of allylic oxidation sites excluding steroid dienone is 1. The van der Waals surface area contributed by atoms with E-state index in [1.807, 2.05) is 0 Å². The first-order chi connectivity index (χ1) is 14.3. The summed E-state index contributed by atoms with van der Waals surface area (Å²) in [6, 6.07) is 6.87. The lowest BCUT2D eigenvalue weighted by Crippen LogP contribution is -2.55. The number of hydrogen-bond donors (Lipinski definition) is 3. The fourth-order valence-corrected chi connectivity index (χ4v) is 3.11. The van der Waals surface area contributed by atoms with E-state index in [0.717, 1.165) is 24.2 Å². The van der Waals surface area contributed by atoms with E-state index < -0.39 is 17.6 Å². The number of hydrogen-bond acceptors (Lipinski definition) is 5. The minimum Gasteiger partial charge on any atom is -0.404 e. The maximum atomic E-state index is 14.1. The highest BCUT2D eigenvalue weighted by molar-refractivity contribution is 6.10. The van der Waals surface area contributed by atoms with Crippen molar-refractivity contribution in [1.29, 1.82) is 5.41 Å². The molecule has 2 heterocycles.